The van der Waals surface area contributed by atoms with Gasteiger partial charge in [-0.05, 0) is 70.2 Å². The minimum absolute atomic E-state index is 0.440. The molecule has 0 aliphatic carbocycles. The number of carbonyl (C=O) groups is 1. The van der Waals surface area contributed by atoms with Crippen LogP contribution >= 0.6 is 0 Å². The van der Waals surface area contributed by atoms with Gasteiger partial charge in [-0.25, -0.2) is 4.98 Å². The molecule has 0 aliphatic rings. The number of allylic oxidation sites excluding steroid dienone is 1. The van der Waals surface area contributed by atoms with E-state index in [0.717, 1.165) is 47.7 Å². The second kappa shape index (κ2) is 10.5. The third-order valence-corrected chi connectivity index (χ3v) is 4.65. The van der Waals surface area contributed by atoms with E-state index in [1.165, 1.54) is 5.57 Å². The molecule has 0 N–H and O–H groups in total. The zero-order chi connectivity index (χ0) is 20.5. The lowest BCUT2D eigenvalue weighted by Crippen LogP contribution is -2.25. The van der Waals surface area contributed by atoms with Gasteiger partial charge in [-0.3, -0.25) is 19.7 Å². The number of hydrogen-bond donors (Lipinski definition) is 0. The molecule has 0 saturated heterocycles. The summed E-state index contributed by atoms with van der Waals surface area (Å²) < 4.78 is 0. The molecule has 0 bridgehead atoms. The van der Waals surface area contributed by atoms with Crippen LogP contribution in [0.3, 0.4) is 0 Å². The Kier molecular flexibility index (Phi) is 8.05. The summed E-state index contributed by atoms with van der Waals surface area (Å²) in [5, 5.41) is 0. The van der Waals surface area contributed by atoms with Gasteiger partial charge in [0, 0.05) is 24.6 Å². The Morgan fingerprint density at radius 2 is 2.00 bits per heavy atom. The van der Waals surface area contributed by atoms with Crippen LogP contribution < -0.4 is 4.90 Å². The van der Waals surface area contributed by atoms with Crippen LogP contribution in [0.15, 0.2) is 53.3 Å². The average molecular weight is 379 g/mol. The van der Waals surface area contributed by atoms with Gasteiger partial charge in [-0.1, -0.05) is 24.6 Å². The van der Waals surface area contributed by atoms with Gasteiger partial charge in [0.2, 0.25) is 6.41 Å². The van der Waals surface area contributed by atoms with Crippen LogP contribution in [-0.2, 0) is 4.79 Å². The molecule has 148 valence electrons. The van der Waals surface area contributed by atoms with E-state index in [1.54, 1.807) is 11.1 Å². The van der Waals surface area contributed by atoms with Gasteiger partial charge >= 0.3 is 0 Å². The van der Waals surface area contributed by atoms with Crippen LogP contribution in [0.2, 0.25) is 0 Å². The van der Waals surface area contributed by atoms with Crippen molar-refractivity contribution in [3.63, 3.8) is 0 Å². The first kappa shape index (κ1) is 21.5. The average Bonchev–Trinajstić information content (AvgIpc) is 2.67. The fourth-order valence-electron chi connectivity index (χ4n) is 3.07. The third kappa shape index (κ3) is 6.41. The van der Waals surface area contributed by atoms with Crippen LogP contribution in [-0.4, -0.2) is 28.6 Å². The Labute approximate surface area is 168 Å². The number of hydrogen-bond acceptors (Lipinski definition) is 4. The molecule has 2 rings (SSSR count). The maximum absolute atomic E-state index is 11.5. The normalized spacial score (nSPS) is 13.3. The van der Waals surface area contributed by atoms with Crippen molar-refractivity contribution in [1.29, 1.82) is 0 Å². The summed E-state index contributed by atoms with van der Waals surface area (Å²) in [5.74, 6) is 1.18. The fraction of sp³-hybridized carbons (Fsp3) is 0.391. The molecule has 1 unspecified atom stereocenters. The van der Waals surface area contributed by atoms with Gasteiger partial charge in [-0.2, -0.15) is 0 Å². The lowest BCUT2D eigenvalue weighted by Gasteiger charge is -2.20. The molecule has 1 amide bonds. The van der Waals surface area contributed by atoms with Crippen LogP contribution in [0.1, 0.15) is 50.6 Å². The van der Waals surface area contributed by atoms with Crippen molar-refractivity contribution in [1.82, 2.24) is 9.97 Å². The highest BCUT2D eigenvalue weighted by Gasteiger charge is 2.12. The molecule has 2 aromatic rings. The molecule has 0 radical (unpaired) electrons. The molecular weight excluding hydrogens is 348 g/mol. The van der Waals surface area contributed by atoms with Gasteiger partial charge in [0.15, 0.2) is 0 Å². The van der Waals surface area contributed by atoms with Crippen LogP contribution in [0.4, 0.5) is 5.82 Å². The Hall–Kier alpha value is -2.82. The van der Waals surface area contributed by atoms with Gasteiger partial charge in [-0.15, -0.1) is 0 Å². The van der Waals surface area contributed by atoms with E-state index >= 15 is 0 Å². The summed E-state index contributed by atoms with van der Waals surface area (Å²) in [4.78, 5) is 26.6. The van der Waals surface area contributed by atoms with E-state index in [4.69, 9.17) is 0 Å². The molecule has 2 aromatic heterocycles. The number of amides is 1. The fourth-order valence-corrected chi connectivity index (χ4v) is 3.07. The minimum atomic E-state index is 0.440. The highest BCUT2D eigenvalue weighted by molar-refractivity contribution is 5.97. The number of carbonyl (C=O) groups excluding carboxylic acids is 1. The summed E-state index contributed by atoms with van der Waals surface area (Å²) >= 11 is 0. The van der Waals surface area contributed by atoms with E-state index < -0.39 is 0 Å². The number of rotatable bonds is 9. The highest BCUT2D eigenvalue weighted by atomic mass is 16.1. The maximum Gasteiger partial charge on any atom is 0.215 e. The molecule has 0 aliphatic heterocycles. The first-order chi connectivity index (χ1) is 13.4. The monoisotopic (exact) mass is 378 g/mol. The number of aromatic nitrogens is 2. The van der Waals surface area contributed by atoms with E-state index in [0.29, 0.717) is 12.5 Å². The topological polar surface area (TPSA) is 58.5 Å². The number of aliphatic imine (C=N–C) groups is 1. The summed E-state index contributed by atoms with van der Waals surface area (Å²) in [6, 6.07) is 9.81. The number of nitrogens with zero attached hydrogens (tertiary/aromatic N) is 4. The highest BCUT2D eigenvalue weighted by Crippen LogP contribution is 2.19. The minimum Gasteiger partial charge on any atom is -0.299 e. The lowest BCUT2D eigenvalue weighted by atomic mass is 9.99. The zero-order valence-electron chi connectivity index (χ0n) is 17.5. The van der Waals surface area contributed by atoms with Gasteiger partial charge in [0.25, 0.3) is 0 Å². The van der Waals surface area contributed by atoms with E-state index in [1.807, 2.05) is 57.3 Å². The molecule has 0 spiro atoms. The van der Waals surface area contributed by atoms with Crippen molar-refractivity contribution in [3.8, 4) is 0 Å². The van der Waals surface area contributed by atoms with Crippen molar-refractivity contribution in [3.05, 3.63) is 65.3 Å². The summed E-state index contributed by atoms with van der Waals surface area (Å²) in [5.41, 5.74) is 5.03. The van der Waals surface area contributed by atoms with Crippen molar-refractivity contribution in [2.75, 3.05) is 11.4 Å². The Morgan fingerprint density at radius 3 is 2.68 bits per heavy atom. The zero-order valence-corrected chi connectivity index (χ0v) is 17.5. The molecule has 5 nitrogen and oxygen atoms in total. The first-order valence-corrected chi connectivity index (χ1v) is 9.68. The number of pyridine rings is 2. The molecule has 0 aromatic carbocycles. The predicted molar refractivity (Wildman–Crippen MR) is 116 cm³/mol. The summed E-state index contributed by atoms with van der Waals surface area (Å²) in [6.45, 7) is 10.9. The molecule has 2 heterocycles. The lowest BCUT2D eigenvalue weighted by molar-refractivity contribution is -0.107. The van der Waals surface area contributed by atoms with E-state index in [-0.39, 0.29) is 0 Å². The molecular formula is C23H30N4O. The molecule has 1 atom stereocenters. The van der Waals surface area contributed by atoms with E-state index in [2.05, 4.69) is 28.8 Å². The van der Waals surface area contributed by atoms with Crippen molar-refractivity contribution in [2.24, 2.45) is 10.9 Å². The van der Waals surface area contributed by atoms with Gasteiger partial charge < -0.3 is 0 Å². The van der Waals surface area contributed by atoms with Gasteiger partial charge in [0.1, 0.15) is 5.82 Å². The van der Waals surface area contributed by atoms with Crippen LogP contribution in [0.5, 0.6) is 0 Å². The SMILES string of the molecule is CC(=N/C=C(\C)CC(C)CCN(C=O)c1ncccc1C)c1cccc(C)n1. The second-order valence-corrected chi connectivity index (χ2v) is 7.39. The van der Waals surface area contributed by atoms with Crippen molar-refractivity contribution < 1.29 is 4.79 Å². The summed E-state index contributed by atoms with van der Waals surface area (Å²) in [7, 11) is 0. The Balaban J connectivity index is 1.91. The largest absolute Gasteiger partial charge is 0.299 e. The third-order valence-electron chi connectivity index (χ3n) is 4.65. The summed E-state index contributed by atoms with van der Waals surface area (Å²) in [6.07, 6.45) is 6.36. The van der Waals surface area contributed by atoms with Crippen LogP contribution in [0.25, 0.3) is 0 Å². The van der Waals surface area contributed by atoms with E-state index in [9.17, 15) is 4.79 Å². The quantitative estimate of drug-likeness (QED) is 0.461. The maximum atomic E-state index is 11.5. The standard InChI is InChI=1S/C23H30N4O/c1-17(11-13-27(16-28)23-19(3)8-7-12-24-23)14-18(2)15-25-21(5)22-10-6-9-20(4)26-22/h6-10,12,15-17H,11,13-14H2,1-5H3/b18-15+,25-21?. The molecule has 28 heavy (non-hydrogen) atoms. The molecule has 0 saturated carbocycles. The van der Waals surface area contributed by atoms with Crippen molar-refractivity contribution >= 4 is 17.9 Å². The number of aryl methyl sites for hydroxylation is 2. The smallest absolute Gasteiger partial charge is 0.215 e. The predicted octanol–water partition coefficient (Wildman–Crippen LogP) is 4.89. The Morgan fingerprint density at radius 1 is 1.21 bits per heavy atom. The second-order valence-electron chi connectivity index (χ2n) is 7.39. The first-order valence-electron chi connectivity index (χ1n) is 9.68. The van der Waals surface area contributed by atoms with Crippen LogP contribution in [0, 0.1) is 19.8 Å². The van der Waals surface area contributed by atoms with Gasteiger partial charge in [0.05, 0.1) is 11.4 Å². The molecule has 0 fully saturated rings. The molecule has 5 heteroatoms. The Bertz CT molecular complexity index is 857. The van der Waals surface area contributed by atoms with Crippen molar-refractivity contribution in [2.45, 2.75) is 47.5 Å². The number of anilines is 1.